The van der Waals surface area contributed by atoms with Crippen molar-refractivity contribution in [3.05, 3.63) is 178 Å². The highest BCUT2D eigenvalue weighted by Gasteiger charge is 2.29. The minimum Gasteiger partial charge on any atom is -0.497 e. The lowest BCUT2D eigenvalue weighted by atomic mass is 9.85. The number of ether oxygens (including phenoxy) is 3. The van der Waals surface area contributed by atoms with Crippen LogP contribution in [0.2, 0.25) is 0 Å². The fourth-order valence-electron chi connectivity index (χ4n) is 6.33. The van der Waals surface area contributed by atoms with Crippen molar-refractivity contribution >= 4 is 49.1 Å². The average Bonchev–Trinajstić information content (AvgIpc) is 3.22. The van der Waals surface area contributed by atoms with Gasteiger partial charge in [0.15, 0.2) is 25.5 Å². The lowest BCUT2D eigenvalue weighted by Gasteiger charge is -2.20. The van der Waals surface area contributed by atoms with Crippen LogP contribution in [-0.4, -0.2) is 72.7 Å². The van der Waals surface area contributed by atoms with E-state index in [1.54, 1.807) is 45.6 Å². The molecule has 0 saturated carbocycles. The van der Waals surface area contributed by atoms with E-state index >= 15 is 0 Å². The first-order valence-electron chi connectivity index (χ1n) is 17.6. The Balaban J connectivity index is 0.000000172. The molecule has 2 aliphatic rings. The van der Waals surface area contributed by atoms with Gasteiger partial charge in [0, 0.05) is 52.3 Å². The fraction of sp³-hybridized carbons (Fsp3) is 0.133. The van der Waals surface area contributed by atoms with E-state index in [4.69, 9.17) is 19.7 Å². The Morgan fingerprint density at radius 1 is 0.534 bits per heavy atom. The number of carbonyl (C=O) groups is 2. The number of ketones is 2. The van der Waals surface area contributed by atoms with Crippen LogP contribution in [0.3, 0.4) is 0 Å². The molecule has 0 radical (unpaired) electrons. The summed E-state index contributed by atoms with van der Waals surface area (Å²) < 4.78 is 62.0. The zero-order valence-electron chi connectivity index (χ0n) is 32.4. The van der Waals surface area contributed by atoms with Gasteiger partial charge in [-0.25, -0.2) is 16.8 Å². The van der Waals surface area contributed by atoms with Crippen molar-refractivity contribution in [3.63, 3.8) is 0 Å². The Hall–Kier alpha value is -6.66. The van der Waals surface area contributed by atoms with E-state index in [2.05, 4.69) is 47.8 Å². The van der Waals surface area contributed by atoms with E-state index in [9.17, 15) is 26.4 Å². The molecular weight excluding hydrogens is 777 g/mol. The van der Waals surface area contributed by atoms with Crippen LogP contribution in [0, 0.1) is 0 Å². The summed E-state index contributed by atoms with van der Waals surface area (Å²) in [6.45, 7) is 3.60. The lowest BCUT2D eigenvalue weighted by molar-refractivity contribution is -0.00436. The molecule has 5 aromatic carbocycles. The van der Waals surface area contributed by atoms with Crippen molar-refractivity contribution in [1.29, 1.82) is 0 Å². The maximum absolute atomic E-state index is 11.8. The van der Waals surface area contributed by atoms with Gasteiger partial charge in [0.25, 0.3) is 5.78 Å². The Kier molecular flexibility index (Phi) is 13.2. The maximum Gasteiger partial charge on any atom is 0.362 e. The molecule has 13 heteroatoms. The first-order chi connectivity index (χ1) is 27.6. The molecule has 0 N–H and O–H groups in total. The summed E-state index contributed by atoms with van der Waals surface area (Å²) in [6.07, 6.45) is 8.12. The molecule has 0 spiro atoms. The smallest absolute Gasteiger partial charge is 0.362 e. The normalized spacial score (nSPS) is 12.9. The molecule has 2 aliphatic carbocycles. The second-order valence-corrected chi connectivity index (χ2v) is 17.0. The highest BCUT2D eigenvalue weighted by molar-refractivity contribution is 7.91. The molecule has 0 aliphatic heterocycles. The van der Waals surface area contributed by atoms with Crippen LogP contribution in [-0.2, 0) is 19.7 Å². The van der Waals surface area contributed by atoms with Crippen molar-refractivity contribution < 1.29 is 45.4 Å². The minimum atomic E-state index is -3.40. The van der Waals surface area contributed by atoms with Crippen LogP contribution in [0.4, 0.5) is 0 Å². The number of carbonyl (C=O) groups excluding carboxylic acids is 2. The Bertz CT molecular complexity index is 2600. The van der Waals surface area contributed by atoms with Crippen molar-refractivity contribution in [2.75, 3.05) is 33.8 Å². The zero-order valence-corrected chi connectivity index (χ0v) is 34.0. The van der Waals surface area contributed by atoms with Gasteiger partial charge in [0.2, 0.25) is 0 Å². The largest absolute Gasteiger partial charge is 0.497 e. The van der Waals surface area contributed by atoms with E-state index in [0.717, 1.165) is 29.8 Å². The van der Waals surface area contributed by atoms with Gasteiger partial charge in [-0.2, -0.15) is 4.79 Å². The van der Waals surface area contributed by atoms with E-state index in [0.29, 0.717) is 22.3 Å². The predicted molar refractivity (Wildman–Crippen MR) is 224 cm³/mol. The molecular formula is C45H40N2O9S2. The molecule has 0 heterocycles. The van der Waals surface area contributed by atoms with Crippen LogP contribution in [0.1, 0.15) is 54.5 Å². The maximum atomic E-state index is 11.8. The van der Waals surface area contributed by atoms with Gasteiger partial charge in [-0.05, 0) is 71.3 Å². The SMILES string of the molecule is C=C1C=Cc2c(cccc2S(C)(=O)=O)C1=O.COc1ccc(C(c2ccc(OC)cc2)c2ccc(OC)cc2)cc1.CS(=O)(=O)c1cccc2c1C=CC(=[N+]=[N-])C2=O. The van der Waals surface area contributed by atoms with Crippen molar-refractivity contribution in [2.45, 2.75) is 15.7 Å². The summed E-state index contributed by atoms with van der Waals surface area (Å²) in [5.41, 5.74) is 13.9. The van der Waals surface area contributed by atoms with E-state index in [1.165, 1.54) is 53.1 Å². The number of methoxy groups -OCH3 is 3. The van der Waals surface area contributed by atoms with Gasteiger partial charge in [0.05, 0.1) is 31.1 Å². The van der Waals surface area contributed by atoms with E-state index in [1.807, 2.05) is 36.4 Å². The van der Waals surface area contributed by atoms with Gasteiger partial charge in [-0.15, -0.1) is 0 Å². The molecule has 7 rings (SSSR count). The summed E-state index contributed by atoms with van der Waals surface area (Å²) in [5, 5.41) is 0. The number of benzene rings is 5. The third-order valence-electron chi connectivity index (χ3n) is 9.26. The quantitative estimate of drug-likeness (QED) is 0.0660. The van der Waals surface area contributed by atoms with Crippen molar-refractivity contribution in [2.24, 2.45) is 0 Å². The third-order valence-corrected chi connectivity index (χ3v) is 11.6. The molecule has 0 aromatic heterocycles. The van der Waals surface area contributed by atoms with Gasteiger partial charge < -0.3 is 19.7 Å². The molecule has 0 bridgehead atoms. The number of rotatable bonds is 8. The van der Waals surface area contributed by atoms with Crippen LogP contribution in [0.5, 0.6) is 17.2 Å². The molecule has 296 valence electrons. The fourth-order valence-corrected chi connectivity index (χ4v) is 8.13. The van der Waals surface area contributed by atoms with Gasteiger partial charge in [-0.3, -0.25) is 9.59 Å². The highest BCUT2D eigenvalue weighted by Crippen LogP contribution is 2.35. The number of Topliss-reactive ketones (excluding diaryl/α,β-unsaturated/α-hetero) is 2. The minimum absolute atomic E-state index is 0.0941. The zero-order chi connectivity index (χ0) is 42.2. The number of allylic oxidation sites excluding steroid dienone is 3. The predicted octanol–water partition coefficient (Wildman–Crippen LogP) is 7.72. The third kappa shape index (κ3) is 9.64. The van der Waals surface area contributed by atoms with Crippen LogP contribution in [0.25, 0.3) is 17.7 Å². The highest BCUT2D eigenvalue weighted by atomic mass is 32.2. The molecule has 0 unspecified atom stereocenters. The number of hydrogen-bond donors (Lipinski definition) is 0. The molecule has 58 heavy (non-hydrogen) atoms. The molecule has 0 atom stereocenters. The monoisotopic (exact) mass is 816 g/mol. The number of hydrogen-bond acceptors (Lipinski definition) is 9. The first kappa shape index (κ1) is 42.5. The number of fused-ring (bicyclic) bond motifs is 2. The Labute approximate surface area is 338 Å². The summed E-state index contributed by atoms with van der Waals surface area (Å²) in [5.74, 6) is 1.98. The van der Waals surface area contributed by atoms with Gasteiger partial charge >= 0.3 is 5.71 Å². The van der Waals surface area contributed by atoms with Gasteiger partial charge in [0.1, 0.15) is 17.2 Å². The van der Waals surface area contributed by atoms with E-state index < -0.39 is 25.5 Å². The summed E-state index contributed by atoms with van der Waals surface area (Å²) in [7, 11) is -1.68. The molecule has 5 aromatic rings. The van der Waals surface area contributed by atoms with Crippen LogP contribution in [0.15, 0.2) is 143 Å². The lowest BCUT2D eigenvalue weighted by Crippen LogP contribution is -2.19. The average molecular weight is 817 g/mol. The second kappa shape index (κ2) is 18.1. The van der Waals surface area contributed by atoms with Crippen molar-refractivity contribution in [3.8, 4) is 17.2 Å². The first-order valence-corrected chi connectivity index (χ1v) is 21.3. The topological polar surface area (TPSA) is 167 Å². The molecule has 0 amide bonds. The summed E-state index contributed by atoms with van der Waals surface area (Å²) in [6, 6.07) is 33.7. The van der Waals surface area contributed by atoms with Crippen molar-refractivity contribution in [1.82, 2.24) is 0 Å². The molecule has 0 fully saturated rings. The molecule has 11 nitrogen and oxygen atoms in total. The Morgan fingerprint density at radius 3 is 1.24 bits per heavy atom. The summed E-state index contributed by atoms with van der Waals surface area (Å²) >= 11 is 0. The number of nitrogens with zero attached hydrogens (tertiary/aromatic N) is 2. The Morgan fingerprint density at radius 2 is 0.897 bits per heavy atom. The van der Waals surface area contributed by atoms with Crippen LogP contribution < -0.4 is 14.2 Å². The number of sulfone groups is 2. The standard InChI is InChI=1S/C22H22O3.C12H10O3S.C11H8N2O3S/c1-23-19-10-4-16(5-11-19)22(17-6-12-20(24-2)13-7-17)18-8-14-21(25-3)15-9-18;1-8-6-7-9-10(12(8)13)4-3-5-11(9)16(2,14)15;1-17(15,16)10-4-2-3-8-7(10)5-6-9(13-12)11(8)14/h4-15,22H,1-3H3;3-7H,1H2,2H3;2-6H,1H3. The van der Waals surface area contributed by atoms with Gasteiger partial charge in [-0.1, -0.05) is 79.4 Å². The van der Waals surface area contributed by atoms with E-state index in [-0.39, 0.29) is 32.8 Å². The van der Waals surface area contributed by atoms with Crippen LogP contribution >= 0.6 is 0 Å². The second-order valence-electron chi connectivity index (χ2n) is 13.1. The summed E-state index contributed by atoms with van der Waals surface area (Å²) in [4.78, 5) is 26.7. The molecule has 0 saturated heterocycles.